The SMILES string of the molecule is O=C1c2ccccc2C(=O)N1Nc1ccc(F)cc1. The summed E-state index contributed by atoms with van der Waals surface area (Å²) in [6.45, 7) is 0. The Morgan fingerprint density at radius 3 is 1.89 bits per heavy atom. The summed E-state index contributed by atoms with van der Waals surface area (Å²) in [4.78, 5) is 24.1. The first kappa shape index (κ1) is 11.4. The van der Waals surface area contributed by atoms with Gasteiger partial charge < -0.3 is 0 Å². The van der Waals surface area contributed by atoms with E-state index >= 15 is 0 Å². The Kier molecular flexibility index (Phi) is 2.52. The average Bonchev–Trinajstić information content (AvgIpc) is 2.67. The lowest BCUT2D eigenvalue weighted by Crippen LogP contribution is -2.35. The van der Waals surface area contributed by atoms with Gasteiger partial charge in [-0.25, -0.2) is 4.39 Å². The number of carbonyl (C=O) groups is 2. The molecule has 4 nitrogen and oxygen atoms in total. The molecule has 0 aliphatic carbocycles. The monoisotopic (exact) mass is 256 g/mol. The summed E-state index contributed by atoms with van der Waals surface area (Å²) in [7, 11) is 0. The lowest BCUT2D eigenvalue weighted by molar-refractivity contribution is 0.0691. The largest absolute Gasteiger partial charge is 0.288 e. The summed E-state index contributed by atoms with van der Waals surface area (Å²) < 4.78 is 12.8. The summed E-state index contributed by atoms with van der Waals surface area (Å²) in [5.74, 6) is -1.21. The van der Waals surface area contributed by atoms with Crippen molar-refractivity contribution in [3.63, 3.8) is 0 Å². The van der Waals surface area contributed by atoms with Crippen molar-refractivity contribution in [1.82, 2.24) is 5.01 Å². The predicted molar refractivity (Wildman–Crippen MR) is 67.0 cm³/mol. The third kappa shape index (κ3) is 1.85. The maximum atomic E-state index is 12.8. The lowest BCUT2D eigenvalue weighted by atomic mass is 10.1. The first-order valence-corrected chi connectivity index (χ1v) is 5.67. The number of nitrogens with one attached hydrogen (secondary N) is 1. The van der Waals surface area contributed by atoms with Gasteiger partial charge in [0.25, 0.3) is 11.8 Å². The minimum Gasteiger partial charge on any atom is -0.288 e. The summed E-state index contributed by atoms with van der Waals surface area (Å²) in [6.07, 6.45) is 0. The molecule has 0 unspecified atom stereocenters. The summed E-state index contributed by atoms with van der Waals surface area (Å²) >= 11 is 0. The van der Waals surface area contributed by atoms with Gasteiger partial charge in [0.1, 0.15) is 5.82 Å². The highest BCUT2D eigenvalue weighted by molar-refractivity contribution is 6.21. The van der Waals surface area contributed by atoms with Gasteiger partial charge in [0, 0.05) is 0 Å². The van der Waals surface area contributed by atoms with Crippen LogP contribution in [0.1, 0.15) is 20.7 Å². The zero-order valence-electron chi connectivity index (χ0n) is 9.76. The molecular formula is C14H9FN2O2. The second-order valence-corrected chi connectivity index (χ2v) is 4.11. The van der Waals surface area contributed by atoms with E-state index in [4.69, 9.17) is 0 Å². The molecule has 1 N–H and O–H groups in total. The van der Waals surface area contributed by atoms with E-state index in [-0.39, 0.29) is 5.82 Å². The molecule has 1 heterocycles. The zero-order chi connectivity index (χ0) is 13.4. The summed E-state index contributed by atoms with van der Waals surface area (Å²) in [5.41, 5.74) is 3.88. The van der Waals surface area contributed by atoms with Crippen molar-refractivity contribution in [3.8, 4) is 0 Å². The van der Waals surface area contributed by atoms with Crippen molar-refractivity contribution in [2.45, 2.75) is 0 Å². The van der Waals surface area contributed by atoms with E-state index in [1.165, 1.54) is 24.3 Å². The van der Waals surface area contributed by atoms with Crippen LogP contribution in [0.3, 0.4) is 0 Å². The van der Waals surface area contributed by atoms with Gasteiger partial charge >= 0.3 is 0 Å². The highest BCUT2D eigenvalue weighted by Crippen LogP contribution is 2.23. The molecule has 0 spiro atoms. The highest BCUT2D eigenvalue weighted by Gasteiger charge is 2.35. The molecule has 3 rings (SSSR count). The lowest BCUT2D eigenvalue weighted by Gasteiger charge is -2.16. The fourth-order valence-electron chi connectivity index (χ4n) is 1.94. The van der Waals surface area contributed by atoms with Crippen molar-refractivity contribution in [3.05, 3.63) is 65.5 Å². The second kappa shape index (κ2) is 4.20. The maximum Gasteiger partial charge on any atom is 0.280 e. The molecule has 0 radical (unpaired) electrons. The van der Waals surface area contributed by atoms with Crippen molar-refractivity contribution in [1.29, 1.82) is 0 Å². The molecule has 19 heavy (non-hydrogen) atoms. The fraction of sp³-hybridized carbons (Fsp3) is 0. The van der Waals surface area contributed by atoms with Gasteiger partial charge in [-0.2, -0.15) is 5.01 Å². The zero-order valence-corrected chi connectivity index (χ0v) is 9.76. The molecule has 0 fully saturated rings. The quantitative estimate of drug-likeness (QED) is 0.839. The number of anilines is 1. The average molecular weight is 256 g/mol. The van der Waals surface area contributed by atoms with Crippen LogP contribution in [0.15, 0.2) is 48.5 Å². The van der Waals surface area contributed by atoms with E-state index in [0.29, 0.717) is 16.8 Å². The van der Waals surface area contributed by atoms with Gasteiger partial charge in [0.15, 0.2) is 0 Å². The molecule has 5 heteroatoms. The van der Waals surface area contributed by atoms with E-state index in [1.807, 2.05) is 0 Å². The van der Waals surface area contributed by atoms with Crippen molar-refractivity contribution < 1.29 is 14.0 Å². The number of hydrazine groups is 1. The van der Waals surface area contributed by atoms with Crippen LogP contribution in [0.2, 0.25) is 0 Å². The van der Waals surface area contributed by atoms with Crippen molar-refractivity contribution >= 4 is 17.5 Å². The maximum absolute atomic E-state index is 12.8. The molecule has 2 aromatic rings. The number of nitrogens with zero attached hydrogens (tertiary/aromatic N) is 1. The van der Waals surface area contributed by atoms with Gasteiger partial charge in [-0.05, 0) is 36.4 Å². The van der Waals surface area contributed by atoms with Crippen LogP contribution in [0, 0.1) is 5.82 Å². The van der Waals surface area contributed by atoms with Crippen molar-refractivity contribution in [2.75, 3.05) is 5.43 Å². The van der Waals surface area contributed by atoms with Crippen LogP contribution in [0.25, 0.3) is 0 Å². The molecule has 0 aromatic heterocycles. The number of hydrogen-bond acceptors (Lipinski definition) is 3. The molecule has 1 aliphatic rings. The van der Waals surface area contributed by atoms with Crippen LogP contribution < -0.4 is 5.43 Å². The van der Waals surface area contributed by atoms with E-state index < -0.39 is 11.8 Å². The predicted octanol–water partition coefficient (Wildman–Crippen LogP) is 2.45. The van der Waals surface area contributed by atoms with Gasteiger partial charge in [-0.3, -0.25) is 15.0 Å². The van der Waals surface area contributed by atoms with E-state index in [2.05, 4.69) is 5.43 Å². The minimum absolute atomic E-state index is 0.363. The van der Waals surface area contributed by atoms with Crippen LogP contribution >= 0.6 is 0 Å². The highest BCUT2D eigenvalue weighted by atomic mass is 19.1. The Balaban J connectivity index is 1.90. The van der Waals surface area contributed by atoms with Crippen LogP contribution in [-0.2, 0) is 0 Å². The van der Waals surface area contributed by atoms with Gasteiger partial charge in [-0.1, -0.05) is 12.1 Å². The number of fused-ring (bicyclic) bond motifs is 1. The normalized spacial score (nSPS) is 13.6. The molecule has 1 aliphatic heterocycles. The number of carbonyl (C=O) groups excluding carboxylic acids is 2. The fourth-order valence-corrected chi connectivity index (χ4v) is 1.94. The van der Waals surface area contributed by atoms with E-state index in [0.717, 1.165) is 5.01 Å². The molecule has 2 aromatic carbocycles. The second-order valence-electron chi connectivity index (χ2n) is 4.11. The number of rotatable bonds is 2. The molecule has 0 bridgehead atoms. The minimum atomic E-state index is -0.412. The number of amides is 2. The Labute approximate surface area is 108 Å². The van der Waals surface area contributed by atoms with Crippen molar-refractivity contribution in [2.24, 2.45) is 0 Å². The van der Waals surface area contributed by atoms with Crippen LogP contribution in [0.4, 0.5) is 10.1 Å². The van der Waals surface area contributed by atoms with E-state index in [9.17, 15) is 14.0 Å². The Bertz CT molecular complexity index is 632. The van der Waals surface area contributed by atoms with E-state index in [1.54, 1.807) is 24.3 Å². The number of halogens is 1. The number of imide groups is 1. The smallest absolute Gasteiger partial charge is 0.280 e. The van der Waals surface area contributed by atoms with Crippen LogP contribution in [-0.4, -0.2) is 16.8 Å². The topological polar surface area (TPSA) is 49.4 Å². The third-order valence-corrected chi connectivity index (χ3v) is 2.88. The third-order valence-electron chi connectivity index (χ3n) is 2.88. The molecule has 0 saturated heterocycles. The molecular weight excluding hydrogens is 247 g/mol. The Hall–Kier alpha value is -2.69. The summed E-state index contributed by atoms with van der Waals surface area (Å²) in [5, 5.41) is 0.928. The standard InChI is InChI=1S/C14H9FN2O2/c15-9-5-7-10(8-6-9)16-17-13(18)11-3-1-2-4-12(11)14(17)19/h1-8,16H. The Morgan fingerprint density at radius 2 is 1.37 bits per heavy atom. The Morgan fingerprint density at radius 1 is 0.842 bits per heavy atom. The summed E-state index contributed by atoms with van der Waals surface area (Å²) in [6, 6.07) is 12.0. The van der Waals surface area contributed by atoms with Gasteiger partial charge in [0.2, 0.25) is 0 Å². The molecule has 0 saturated carbocycles. The van der Waals surface area contributed by atoms with Crippen LogP contribution in [0.5, 0.6) is 0 Å². The molecule has 94 valence electrons. The molecule has 0 atom stereocenters. The molecule has 2 amide bonds. The first-order chi connectivity index (χ1) is 9.16. The number of benzene rings is 2. The van der Waals surface area contributed by atoms with Gasteiger partial charge in [-0.15, -0.1) is 0 Å². The van der Waals surface area contributed by atoms with Gasteiger partial charge in [0.05, 0.1) is 16.8 Å². The first-order valence-electron chi connectivity index (χ1n) is 5.67. The number of hydrogen-bond donors (Lipinski definition) is 1.